The highest BCUT2D eigenvalue weighted by Crippen LogP contribution is 2.35. The first-order chi connectivity index (χ1) is 17.0. The average Bonchev–Trinajstić information content (AvgIpc) is 3.26. The molecule has 0 unspecified atom stereocenters. The van der Waals surface area contributed by atoms with Crippen molar-refractivity contribution in [3.8, 4) is 16.3 Å². The molecule has 1 aromatic heterocycles. The second kappa shape index (κ2) is 11.9. The molecule has 0 bridgehead atoms. The van der Waals surface area contributed by atoms with E-state index >= 15 is 0 Å². The molecule has 0 N–H and O–H groups in total. The second-order valence-electron chi connectivity index (χ2n) is 8.22. The molecule has 36 heavy (non-hydrogen) atoms. The van der Waals surface area contributed by atoms with Gasteiger partial charge in [-0.15, -0.1) is 11.3 Å². The van der Waals surface area contributed by atoms with Crippen LogP contribution < -0.4 is 4.74 Å². The highest BCUT2D eigenvalue weighted by Gasteiger charge is 2.30. The van der Waals surface area contributed by atoms with E-state index in [0.29, 0.717) is 22.6 Å². The maximum Gasteiger partial charge on any atom is 0.416 e. The van der Waals surface area contributed by atoms with Gasteiger partial charge in [-0.2, -0.15) is 13.2 Å². The molecule has 0 atom stereocenters. The van der Waals surface area contributed by atoms with Crippen LogP contribution in [0, 0.1) is 0 Å². The zero-order chi connectivity index (χ0) is 26.5. The van der Waals surface area contributed by atoms with Crippen molar-refractivity contribution in [1.29, 1.82) is 0 Å². The van der Waals surface area contributed by atoms with Crippen LogP contribution in [0.3, 0.4) is 0 Å². The fourth-order valence-electron chi connectivity index (χ4n) is 3.42. The summed E-state index contributed by atoms with van der Waals surface area (Å²) in [6, 6.07) is 9.51. The van der Waals surface area contributed by atoms with Crippen LogP contribution in [0.1, 0.15) is 59.6 Å². The van der Waals surface area contributed by atoms with Gasteiger partial charge in [-0.1, -0.05) is 37.6 Å². The van der Waals surface area contributed by atoms with Crippen LogP contribution in [-0.2, 0) is 22.1 Å². The minimum Gasteiger partial charge on any atom is -0.480 e. The van der Waals surface area contributed by atoms with Gasteiger partial charge in [0, 0.05) is 22.4 Å². The predicted octanol–water partition coefficient (Wildman–Crippen LogP) is 7.36. The predicted molar refractivity (Wildman–Crippen MR) is 133 cm³/mol. The molecular formula is C26H25ClF3NO4S. The van der Waals surface area contributed by atoms with E-state index in [4.69, 9.17) is 21.1 Å². The van der Waals surface area contributed by atoms with E-state index in [0.717, 1.165) is 22.7 Å². The van der Waals surface area contributed by atoms with Crippen molar-refractivity contribution in [2.75, 3.05) is 13.2 Å². The number of nitrogens with zero attached hydrogens (tertiary/aromatic N) is 1. The van der Waals surface area contributed by atoms with Gasteiger partial charge >= 0.3 is 12.1 Å². The number of thiazole rings is 1. The van der Waals surface area contributed by atoms with Crippen LogP contribution in [0.2, 0.25) is 5.02 Å². The Hall–Kier alpha value is -2.91. The molecule has 0 amide bonds. The van der Waals surface area contributed by atoms with E-state index < -0.39 is 17.7 Å². The SMILES string of the molecule is CCOC(=O)COc1ccc(C(=O)CCc2sc(-c3ccc(C(F)(F)F)cc3)nc2C(C)C)cc1Cl. The summed E-state index contributed by atoms with van der Waals surface area (Å²) < 4.78 is 48.8. The van der Waals surface area contributed by atoms with Gasteiger partial charge in [0.15, 0.2) is 12.4 Å². The number of benzene rings is 2. The summed E-state index contributed by atoms with van der Waals surface area (Å²) in [4.78, 5) is 29.8. The largest absolute Gasteiger partial charge is 0.480 e. The Labute approximate surface area is 216 Å². The molecule has 2 aromatic carbocycles. The number of aromatic nitrogens is 1. The molecule has 0 aliphatic carbocycles. The molecule has 0 aliphatic heterocycles. The lowest BCUT2D eigenvalue weighted by molar-refractivity contribution is -0.145. The Morgan fingerprint density at radius 2 is 1.81 bits per heavy atom. The van der Waals surface area contributed by atoms with E-state index in [1.165, 1.54) is 35.6 Å². The highest BCUT2D eigenvalue weighted by molar-refractivity contribution is 7.15. The lowest BCUT2D eigenvalue weighted by Crippen LogP contribution is -2.14. The van der Waals surface area contributed by atoms with Gasteiger partial charge in [-0.05, 0) is 49.6 Å². The molecule has 1 heterocycles. The first-order valence-electron chi connectivity index (χ1n) is 11.3. The number of halogens is 4. The molecule has 0 fully saturated rings. The third kappa shape index (κ3) is 7.07. The number of alkyl halides is 3. The standard InChI is InChI=1S/C26H25ClF3NO4S/c1-4-34-23(33)14-35-21-11-7-17(13-19(21)27)20(32)10-12-22-24(15(2)3)31-25(36-22)16-5-8-18(9-6-16)26(28,29)30/h5-9,11,13,15H,4,10,12,14H2,1-3H3. The number of carbonyl (C=O) groups is 2. The first-order valence-corrected chi connectivity index (χ1v) is 12.5. The topological polar surface area (TPSA) is 65.5 Å². The lowest BCUT2D eigenvalue weighted by Gasteiger charge is -2.09. The molecule has 3 aromatic rings. The number of hydrogen-bond donors (Lipinski definition) is 0. The smallest absolute Gasteiger partial charge is 0.416 e. The van der Waals surface area contributed by atoms with E-state index in [-0.39, 0.29) is 42.1 Å². The number of aryl methyl sites for hydroxylation is 1. The zero-order valence-corrected chi connectivity index (χ0v) is 21.5. The van der Waals surface area contributed by atoms with Gasteiger partial charge in [0.25, 0.3) is 0 Å². The number of ether oxygens (including phenoxy) is 2. The Balaban J connectivity index is 1.70. The van der Waals surface area contributed by atoms with Gasteiger partial charge in [0.05, 0.1) is 22.9 Å². The van der Waals surface area contributed by atoms with Crippen LogP contribution in [0.5, 0.6) is 5.75 Å². The van der Waals surface area contributed by atoms with E-state index in [9.17, 15) is 22.8 Å². The van der Waals surface area contributed by atoms with Crippen LogP contribution in [0.15, 0.2) is 42.5 Å². The maximum atomic E-state index is 12.9. The van der Waals surface area contributed by atoms with Crippen molar-refractivity contribution in [2.45, 2.75) is 45.7 Å². The zero-order valence-electron chi connectivity index (χ0n) is 19.9. The van der Waals surface area contributed by atoms with Gasteiger partial charge < -0.3 is 9.47 Å². The fourth-order valence-corrected chi connectivity index (χ4v) is 4.88. The van der Waals surface area contributed by atoms with Crippen molar-refractivity contribution in [3.05, 3.63) is 69.2 Å². The van der Waals surface area contributed by atoms with Gasteiger partial charge in [-0.25, -0.2) is 9.78 Å². The summed E-state index contributed by atoms with van der Waals surface area (Å²) in [6.07, 6.45) is -3.76. The first kappa shape index (κ1) is 27.7. The van der Waals surface area contributed by atoms with E-state index in [2.05, 4.69) is 4.98 Å². The highest BCUT2D eigenvalue weighted by atomic mass is 35.5. The van der Waals surface area contributed by atoms with Crippen molar-refractivity contribution in [1.82, 2.24) is 4.98 Å². The minimum atomic E-state index is -4.40. The summed E-state index contributed by atoms with van der Waals surface area (Å²) in [5.41, 5.74) is 1.11. The second-order valence-corrected chi connectivity index (χ2v) is 9.71. The van der Waals surface area contributed by atoms with Crippen LogP contribution >= 0.6 is 22.9 Å². The van der Waals surface area contributed by atoms with Crippen molar-refractivity contribution in [2.24, 2.45) is 0 Å². The Morgan fingerprint density at radius 3 is 2.39 bits per heavy atom. The molecular weight excluding hydrogens is 515 g/mol. The number of esters is 1. The van der Waals surface area contributed by atoms with Gasteiger partial charge in [0.1, 0.15) is 10.8 Å². The minimum absolute atomic E-state index is 0.0832. The molecule has 0 saturated heterocycles. The number of hydrogen-bond acceptors (Lipinski definition) is 6. The monoisotopic (exact) mass is 539 g/mol. The number of Topliss-reactive ketones (excluding diaryl/α,β-unsaturated/α-hetero) is 1. The normalized spacial score (nSPS) is 11.6. The summed E-state index contributed by atoms with van der Waals surface area (Å²) in [7, 11) is 0. The third-order valence-corrected chi connectivity index (χ3v) is 6.69. The molecule has 10 heteroatoms. The molecule has 192 valence electrons. The summed E-state index contributed by atoms with van der Waals surface area (Å²) >= 11 is 7.60. The summed E-state index contributed by atoms with van der Waals surface area (Å²) in [6.45, 7) is 5.60. The summed E-state index contributed by atoms with van der Waals surface area (Å²) in [5, 5.41) is 0.816. The Kier molecular flexibility index (Phi) is 9.13. The number of ketones is 1. The molecule has 0 spiro atoms. The van der Waals surface area contributed by atoms with Gasteiger partial charge in [-0.3, -0.25) is 4.79 Å². The Morgan fingerprint density at radius 1 is 1.11 bits per heavy atom. The summed E-state index contributed by atoms with van der Waals surface area (Å²) in [5.74, 6) is -0.297. The number of carbonyl (C=O) groups excluding carboxylic acids is 2. The van der Waals surface area contributed by atoms with Crippen molar-refractivity contribution < 1.29 is 32.2 Å². The quantitative estimate of drug-likeness (QED) is 0.199. The average molecular weight is 540 g/mol. The molecule has 3 rings (SSSR count). The van der Waals surface area contributed by atoms with E-state index in [1.807, 2.05) is 13.8 Å². The van der Waals surface area contributed by atoms with Crippen molar-refractivity contribution >= 4 is 34.7 Å². The number of rotatable bonds is 10. The molecule has 5 nitrogen and oxygen atoms in total. The molecule has 0 radical (unpaired) electrons. The Bertz CT molecular complexity index is 1220. The molecule has 0 aliphatic rings. The van der Waals surface area contributed by atoms with Crippen LogP contribution in [0.25, 0.3) is 10.6 Å². The van der Waals surface area contributed by atoms with Crippen LogP contribution in [-0.4, -0.2) is 30.0 Å². The van der Waals surface area contributed by atoms with Crippen LogP contribution in [0.4, 0.5) is 13.2 Å². The van der Waals surface area contributed by atoms with Gasteiger partial charge in [0.2, 0.25) is 0 Å². The third-order valence-electron chi connectivity index (χ3n) is 5.22. The van der Waals surface area contributed by atoms with E-state index in [1.54, 1.807) is 13.0 Å². The molecule has 0 saturated carbocycles. The maximum absolute atomic E-state index is 12.9. The fraction of sp³-hybridized carbons (Fsp3) is 0.346. The lowest BCUT2D eigenvalue weighted by atomic mass is 10.0. The van der Waals surface area contributed by atoms with Crippen molar-refractivity contribution in [3.63, 3.8) is 0 Å².